The van der Waals surface area contributed by atoms with Crippen LogP contribution in [0.25, 0.3) is 0 Å². The fourth-order valence-electron chi connectivity index (χ4n) is 5.90. The average Bonchev–Trinajstić information content (AvgIpc) is 3.12. The molecule has 9 nitrogen and oxygen atoms in total. The quantitative estimate of drug-likeness (QED) is 0.0283. The smallest absolute Gasteiger partial charge is 0.328 e. The van der Waals surface area contributed by atoms with Crippen LogP contribution in [0.5, 0.6) is 0 Å². The summed E-state index contributed by atoms with van der Waals surface area (Å²) in [6, 6.07) is -1.39. The largest absolute Gasteiger partial charge is 0.480 e. The first-order valence-electron chi connectivity index (χ1n) is 20.9. The van der Waals surface area contributed by atoms with Crippen molar-refractivity contribution in [1.82, 2.24) is 10.6 Å². The highest BCUT2D eigenvalue weighted by Crippen LogP contribution is 2.17. The van der Waals surface area contributed by atoms with E-state index >= 15 is 0 Å². The van der Waals surface area contributed by atoms with Gasteiger partial charge in [0.1, 0.15) is 12.1 Å². The van der Waals surface area contributed by atoms with Gasteiger partial charge in [0, 0.05) is 12.8 Å². The van der Waals surface area contributed by atoms with Crippen LogP contribution in [-0.4, -0.2) is 59.3 Å². The van der Waals surface area contributed by atoms with Gasteiger partial charge in [-0.2, -0.15) is 0 Å². The summed E-state index contributed by atoms with van der Waals surface area (Å²) in [6.07, 6.45) is 42.2. The number of aliphatic hydroxyl groups is 1. The highest BCUT2D eigenvalue weighted by molar-refractivity contribution is 5.87. The molecule has 0 aliphatic carbocycles. The number of carbonyl (C=O) groups excluding carboxylic acids is 3. The van der Waals surface area contributed by atoms with E-state index in [0.717, 1.165) is 83.5 Å². The van der Waals surface area contributed by atoms with Crippen LogP contribution in [0.4, 0.5) is 0 Å². The number of ether oxygens (including phenoxy) is 1. The summed E-state index contributed by atoms with van der Waals surface area (Å²) in [5, 5.41) is 22.5. The summed E-state index contributed by atoms with van der Waals surface area (Å²) in [5.41, 5.74) is 0. The van der Waals surface area contributed by atoms with Gasteiger partial charge in [-0.15, -0.1) is 0 Å². The van der Waals surface area contributed by atoms with Crippen LogP contribution in [0, 0.1) is 0 Å². The number of rotatable bonds is 37. The van der Waals surface area contributed by atoms with Crippen molar-refractivity contribution in [2.45, 2.75) is 199 Å². The normalized spacial score (nSPS) is 12.8. The molecule has 0 radical (unpaired) electrons. The molecule has 0 rings (SSSR count). The van der Waals surface area contributed by atoms with Crippen LogP contribution in [0.15, 0.2) is 36.5 Å². The third kappa shape index (κ3) is 34.2. The SMILES string of the molecule is CCCCCCC/C=C\C/C=C\C/C=C\CCCCCCCCCCC(=O)OC(CCCCC)CCCCCC(=O)NCC(=O)NC(CO)C(=O)O. The number of aliphatic hydroxyl groups excluding tert-OH is 1. The summed E-state index contributed by atoms with van der Waals surface area (Å²) >= 11 is 0. The van der Waals surface area contributed by atoms with Gasteiger partial charge < -0.3 is 25.6 Å². The van der Waals surface area contributed by atoms with E-state index < -0.39 is 24.5 Å². The first-order valence-corrected chi connectivity index (χ1v) is 20.9. The molecule has 0 aromatic heterocycles. The molecule has 2 amide bonds. The van der Waals surface area contributed by atoms with E-state index in [9.17, 15) is 19.2 Å². The Bertz CT molecular complexity index is 979. The third-order valence-electron chi connectivity index (χ3n) is 9.14. The monoisotopic (exact) mass is 733 g/mol. The van der Waals surface area contributed by atoms with E-state index in [1.54, 1.807) is 0 Å². The van der Waals surface area contributed by atoms with E-state index in [-0.39, 0.29) is 30.9 Å². The van der Waals surface area contributed by atoms with Gasteiger partial charge >= 0.3 is 11.9 Å². The summed E-state index contributed by atoms with van der Waals surface area (Å²) in [4.78, 5) is 47.3. The molecule has 0 fully saturated rings. The second-order valence-electron chi connectivity index (χ2n) is 14.1. The van der Waals surface area contributed by atoms with E-state index in [0.29, 0.717) is 12.8 Å². The molecule has 9 heteroatoms. The predicted octanol–water partition coefficient (Wildman–Crippen LogP) is 9.82. The molecule has 52 heavy (non-hydrogen) atoms. The number of carboxylic acids is 1. The molecule has 0 aliphatic heterocycles. The number of allylic oxidation sites excluding steroid dienone is 6. The lowest BCUT2D eigenvalue weighted by Crippen LogP contribution is -2.47. The Morgan fingerprint density at radius 1 is 0.577 bits per heavy atom. The summed E-state index contributed by atoms with van der Waals surface area (Å²) in [7, 11) is 0. The molecular formula is C43H76N2O7. The fourth-order valence-corrected chi connectivity index (χ4v) is 5.90. The molecule has 2 atom stereocenters. The zero-order valence-corrected chi connectivity index (χ0v) is 33.1. The minimum absolute atomic E-state index is 0.0847. The number of nitrogens with one attached hydrogen (secondary N) is 2. The summed E-state index contributed by atoms with van der Waals surface area (Å²) in [6.45, 7) is 3.35. The number of carbonyl (C=O) groups is 4. The molecule has 2 unspecified atom stereocenters. The zero-order chi connectivity index (χ0) is 38.3. The van der Waals surface area contributed by atoms with Crippen LogP contribution < -0.4 is 10.6 Å². The van der Waals surface area contributed by atoms with Gasteiger partial charge in [-0.3, -0.25) is 14.4 Å². The Balaban J connectivity index is 3.88. The topological polar surface area (TPSA) is 142 Å². The van der Waals surface area contributed by atoms with Crippen LogP contribution >= 0.6 is 0 Å². The first-order chi connectivity index (χ1) is 25.3. The predicted molar refractivity (Wildman–Crippen MR) is 213 cm³/mol. The van der Waals surface area contributed by atoms with Gasteiger partial charge in [0.2, 0.25) is 11.8 Å². The van der Waals surface area contributed by atoms with E-state index in [4.69, 9.17) is 14.9 Å². The molecule has 0 aliphatic rings. The minimum atomic E-state index is -1.39. The van der Waals surface area contributed by atoms with Gasteiger partial charge in [-0.05, 0) is 77.0 Å². The summed E-state index contributed by atoms with van der Waals surface area (Å²) in [5.74, 6) is -2.40. The number of hydrogen-bond acceptors (Lipinski definition) is 6. The molecule has 4 N–H and O–H groups in total. The average molecular weight is 733 g/mol. The lowest BCUT2D eigenvalue weighted by atomic mass is 10.0. The summed E-state index contributed by atoms with van der Waals surface area (Å²) < 4.78 is 5.86. The number of carboxylic acid groups (broad SMARTS) is 1. The minimum Gasteiger partial charge on any atom is -0.480 e. The first kappa shape index (κ1) is 49.1. The Labute approximate surface area is 316 Å². The van der Waals surface area contributed by atoms with Crippen molar-refractivity contribution in [3.8, 4) is 0 Å². The van der Waals surface area contributed by atoms with Gasteiger partial charge in [0.25, 0.3) is 0 Å². The highest BCUT2D eigenvalue weighted by atomic mass is 16.5. The maximum absolute atomic E-state index is 12.6. The van der Waals surface area contributed by atoms with Crippen molar-refractivity contribution in [3.05, 3.63) is 36.5 Å². The highest BCUT2D eigenvalue weighted by Gasteiger charge is 2.19. The molecule has 300 valence electrons. The second-order valence-corrected chi connectivity index (χ2v) is 14.1. The van der Waals surface area contributed by atoms with Gasteiger partial charge in [-0.25, -0.2) is 4.79 Å². The van der Waals surface area contributed by atoms with Crippen LogP contribution in [0.3, 0.4) is 0 Å². The maximum Gasteiger partial charge on any atom is 0.328 e. The fraction of sp³-hybridized carbons (Fsp3) is 0.767. The van der Waals surface area contributed by atoms with E-state index in [1.807, 2.05) is 0 Å². The molecule has 0 saturated heterocycles. The molecular weight excluding hydrogens is 656 g/mol. The third-order valence-corrected chi connectivity index (χ3v) is 9.14. The van der Waals surface area contributed by atoms with Crippen molar-refractivity contribution in [3.63, 3.8) is 0 Å². The van der Waals surface area contributed by atoms with Gasteiger partial charge in [0.05, 0.1) is 13.2 Å². The Kier molecular flexibility index (Phi) is 35.7. The van der Waals surface area contributed by atoms with Crippen molar-refractivity contribution in [1.29, 1.82) is 0 Å². The van der Waals surface area contributed by atoms with Crippen LogP contribution in [0.2, 0.25) is 0 Å². The Morgan fingerprint density at radius 3 is 1.60 bits per heavy atom. The second kappa shape index (κ2) is 37.8. The number of hydrogen-bond donors (Lipinski definition) is 4. The van der Waals surface area contributed by atoms with E-state index in [1.165, 1.54) is 70.6 Å². The van der Waals surface area contributed by atoms with E-state index in [2.05, 4.69) is 60.9 Å². The Hall–Kier alpha value is -2.94. The number of amides is 2. The maximum atomic E-state index is 12.6. The standard InChI is InChI=1S/C43H76N2O7/c1-3-5-7-8-9-10-11-12-13-14-15-16-17-18-19-20-21-22-23-24-25-26-31-35-42(49)52-38(32-28-6-4-2)33-29-27-30-34-40(47)44-36-41(48)45-39(37-46)43(50)51/h11-12,14-15,17-18,38-39,46H,3-10,13,16,19-37H2,1-2H3,(H,44,47)(H,45,48)(H,50,51)/b12-11-,15-14-,18-17-. The number of unbranched alkanes of at least 4 members (excludes halogenated alkanes) is 17. The van der Waals surface area contributed by atoms with Gasteiger partial charge in [-0.1, -0.05) is 134 Å². The van der Waals surface area contributed by atoms with Crippen molar-refractivity contribution >= 4 is 23.8 Å². The van der Waals surface area contributed by atoms with Crippen molar-refractivity contribution < 1.29 is 34.1 Å². The molecule has 0 saturated carbocycles. The molecule has 0 spiro atoms. The van der Waals surface area contributed by atoms with Crippen molar-refractivity contribution in [2.75, 3.05) is 13.2 Å². The lowest BCUT2D eigenvalue weighted by Gasteiger charge is -2.18. The molecule has 0 aromatic rings. The number of aliphatic carboxylic acids is 1. The van der Waals surface area contributed by atoms with Gasteiger partial charge in [0.15, 0.2) is 0 Å². The zero-order valence-electron chi connectivity index (χ0n) is 33.1. The molecule has 0 heterocycles. The van der Waals surface area contributed by atoms with Crippen LogP contribution in [0.1, 0.15) is 187 Å². The Morgan fingerprint density at radius 2 is 1.04 bits per heavy atom. The molecule has 0 bridgehead atoms. The molecule has 0 aromatic carbocycles. The van der Waals surface area contributed by atoms with Crippen molar-refractivity contribution in [2.24, 2.45) is 0 Å². The lowest BCUT2D eigenvalue weighted by molar-refractivity contribution is -0.150. The van der Waals surface area contributed by atoms with Crippen LogP contribution in [-0.2, 0) is 23.9 Å². The number of esters is 1.